The van der Waals surface area contributed by atoms with Gasteiger partial charge in [0.1, 0.15) is 41.7 Å². The Morgan fingerprint density at radius 3 is 2.57 bits per heavy atom. The van der Waals surface area contributed by atoms with Crippen LogP contribution < -0.4 is 0 Å². The summed E-state index contributed by atoms with van der Waals surface area (Å²) in [7, 11) is 0. The molecule has 37 heavy (non-hydrogen) atoms. The van der Waals surface area contributed by atoms with Crippen molar-refractivity contribution in [3.05, 3.63) is 36.6 Å². The zero-order chi connectivity index (χ0) is 27.3. The maximum atomic E-state index is 12.8. The molecule has 4 aliphatic rings. The lowest BCUT2D eigenvalue weighted by molar-refractivity contribution is -0.349. The Morgan fingerprint density at radius 1 is 1.22 bits per heavy atom. The topological polar surface area (TPSA) is 188 Å². The minimum atomic E-state index is -1.75. The summed E-state index contributed by atoms with van der Waals surface area (Å²) in [4.78, 5) is 12.8. The Kier molecular flexibility index (Phi) is 7.63. The van der Waals surface area contributed by atoms with Crippen molar-refractivity contribution < 1.29 is 59.1 Å². The fraction of sp³-hybridized carbons (Fsp3) is 0.720. The first-order valence-electron chi connectivity index (χ1n) is 12.2. The van der Waals surface area contributed by atoms with Crippen molar-refractivity contribution >= 4 is 5.97 Å². The van der Waals surface area contributed by atoms with E-state index in [9.17, 15) is 35.4 Å². The first-order chi connectivity index (χ1) is 17.3. The van der Waals surface area contributed by atoms with Gasteiger partial charge >= 0.3 is 5.97 Å². The third-order valence-corrected chi connectivity index (χ3v) is 7.77. The number of rotatable bonds is 9. The van der Waals surface area contributed by atoms with Crippen LogP contribution in [0.5, 0.6) is 0 Å². The Bertz CT molecular complexity index is 946. The molecule has 0 spiro atoms. The predicted molar refractivity (Wildman–Crippen MR) is 124 cm³/mol. The zero-order valence-corrected chi connectivity index (χ0v) is 21.0. The number of allylic oxidation sites excluding steroid dienone is 1. The maximum absolute atomic E-state index is 12.8. The molecule has 12 heteroatoms. The highest BCUT2D eigenvalue weighted by atomic mass is 16.8. The summed E-state index contributed by atoms with van der Waals surface area (Å²) in [5, 5.41) is 61.6. The van der Waals surface area contributed by atoms with Gasteiger partial charge in [-0.1, -0.05) is 12.2 Å². The van der Waals surface area contributed by atoms with Crippen LogP contribution in [0.3, 0.4) is 0 Å². The lowest BCUT2D eigenvalue weighted by Gasteiger charge is -2.45. The van der Waals surface area contributed by atoms with Crippen LogP contribution in [0.2, 0.25) is 0 Å². The molecule has 3 fully saturated rings. The van der Waals surface area contributed by atoms with E-state index in [2.05, 4.69) is 6.58 Å². The molecule has 0 radical (unpaired) electrons. The van der Waals surface area contributed by atoms with Crippen molar-refractivity contribution in [2.24, 2.45) is 5.92 Å². The van der Waals surface area contributed by atoms with E-state index in [-0.39, 0.29) is 0 Å². The summed E-state index contributed by atoms with van der Waals surface area (Å²) in [6.07, 6.45) is -4.27. The molecule has 0 aromatic carbocycles. The van der Waals surface area contributed by atoms with Gasteiger partial charge in [-0.3, -0.25) is 0 Å². The molecule has 2 saturated heterocycles. The molecule has 3 aliphatic heterocycles. The molecule has 0 bridgehead atoms. The number of fused-ring (bicyclic) bond motifs is 3. The van der Waals surface area contributed by atoms with Crippen molar-refractivity contribution in [1.29, 1.82) is 0 Å². The lowest BCUT2D eigenvalue weighted by Crippen LogP contribution is -2.62. The Hall–Kier alpha value is -1.87. The maximum Gasteiger partial charge on any atom is 0.333 e. The van der Waals surface area contributed by atoms with E-state index in [0.717, 1.165) is 0 Å². The van der Waals surface area contributed by atoms with Gasteiger partial charge in [-0.25, -0.2) is 4.79 Å². The minimum absolute atomic E-state index is 0.291. The molecule has 208 valence electrons. The zero-order valence-electron chi connectivity index (χ0n) is 21.0. The van der Waals surface area contributed by atoms with E-state index in [1.807, 2.05) is 0 Å². The molecule has 3 heterocycles. The van der Waals surface area contributed by atoms with Crippen LogP contribution in [-0.4, -0.2) is 109 Å². The van der Waals surface area contributed by atoms with Crippen LogP contribution in [0.4, 0.5) is 0 Å². The average molecular weight is 529 g/mol. The van der Waals surface area contributed by atoms with Crippen LogP contribution in [0.25, 0.3) is 0 Å². The van der Waals surface area contributed by atoms with Gasteiger partial charge in [0, 0.05) is 5.57 Å². The molecular weight excluding hydrogens is 492 g/mol. The average Bonchev–Trinajstić information content (AvgIpc) is 3.48. The molecule has 0 amide bonds. The summed E-state index contributed by atoms with van der Waals surface area (Å²) in [5.41, 5.74) is -3.54. The monoisotopic (exact) mass is 528 g/mol. The van der Waals surface area contributed by atoms with Gasteiger partial charge in [0.25, 0.3) is 0 Å². The van der Waals surface area contributed by atoms with Gasteiger partial charge in [0.2, 0.25) is 6.29 Å². The number of aliphatic hydroxyl groups excluding tert-OH is 4. The van der Waals surface area contributed by atoms with E-state index in [4.69, 9.17) is 23.7 Å². The molecule has 12 nitrogen and oxygen atoms in total. The second-order valence-corrected chi connectivity index (χ2v) is 10.5. The third-order valence-electron chi connectivity index (χ3n) is 7.77. The van der Waals surface area contributed by atoms with Gasteiger partial charge in [0.15, 0.2) is 12.4 Å². The number of esters is 1. The van der Waals surface area contributed by atoms with Crippen molar-refractivity contribution in [3.8, 4) is 0 Å². The summed E-state index contributed by atoms with van der Waals surface area (Å²) >= 11 is 0. The summed E-state index contributed by atoms with van der Waals surface area (Å²) < 4.78 is 28.3. The Balaban J connectivity index is 1.47. The molecule has 0 aromatic rings. The molecule has 12 unspecified atom stereocenters. The van der Waals surface area contributed by atoms with Crippen LogP contribution in [0.1, 0.15) is 33.6 Å². The number of aliphatic hydroxyl groups is 6. The van der Waals surface area contributed by atoms with E-state index in [1.54, 1.807) is 26.8 Å². The highest BCUT2D eigenvalue weighted by Gasteiger charge is 2.80. The Labute approximate surface area is 214 Å². The van der Waals surface area contributed by atoms with Gasteiger partial charge in [0.05, 0.1) is 24.4 Å². The van der Waals surface area contributed by atoms with Gasteiger partial charge in [-0.05, 0) is 39.7 Å². The first-order valence-corrected chi connectivity index (χ1v) is 12.2. The molecular formula is C25H36O12. The molecule has 12 atom stereocenters. The van der Waals surface area contributed by atoms with E-state index >= 15 is 0 Å². The second-order valence-electron chi connectivity index (χ2n) is 10.5. The quantitative estimate of drug-likeness (QED) is 0.0906. The van der Waals surface area contributed by atoms with Crippen molar-refractivity contribution in [2.45, 2.75) is 99.6 Å². The van der Waals surface area contributed by atoms with Gasteiger partial charge in [-0.15, -0.1) is 6.58 Å². The van der Waals surface area contributed by atoms with E-state index < -0.39 is 84.5 Å². The molecule has 0 aromatic heterocycles. The van der Waals surface area contributed by atoms with E-state index in [0.29, 0.717) is 18.4 Å². The summed E-state index contributed by atoms with van der Waals surface area (Å²) in [6.45, 7) is 7.82. The minimum Gasteiger partial charge on any atom is -0.472 e. The standard InChI is InChI=1S/C25H36O12/c1-5-23(3,31)8-6-7-12(2)20(30)35-19-18-24(4,37-18)17-22(33-10-9-25(17,19)32)36-21-16(29)15(28)14(27)13(11-26)34-21/h5,7,9-10,13-19,21-22,26-29,31-32H,1,6,8,11H2,2-4H3. The largest absolute Gasteiger partial charge is 0.472 e. The fourth-order valence-electron chi connectivity index (χ4n) is 5.28. The highest BCUT2D eigenvalue weighted by molar-refractivity contribution is 5.88. The van der Waals surface area contributed by atoms with Crippen LogP contribution >= 0.6 is 0 Å². The first kappa shape index (κ1) is 28.1. The van der Waals surface area contributed by atoms with Crippen LogP contribution in [0.15, 0.2) is 36.6 Å². The number of ether oxygens (including phenoxy) is 5. The normalized spacial score (nSPS) is 46.3. The van der Waals surface area contributed by atoms with Gasteiger partial charge < -0.3 is 54.3 Å². The molecule has 6 N–H and O–H groups in total. The number of epoxide rings is 1. The molecule has 4 rings (SSSR count). The second kappa shape index (κ2) is 10.0. The number of hydrogen-bond acceptors (Lipinski definition) is 12. The highest BCUT2D eigenvalue weighted by Crippen LogP contribution is 2.62. The number of carbonyl (C=O) groups is 1. The lowest BCUT2D eigenvalue weighted by atomic mass is 9.82. The SMILES string of the molecule is C=CC(C)(O)CCC=C(C)C(=O)OC1C2OC2(C)C2C(OC3OC(CO)C(O)C(O)C3O)OC=CC12O. The van der Waals surface area contributed by atoms with Crippen molar-refractivity contribution in [2.75, 3.05) is 6.61 Å². The van der Waals surface area contributed by atoms with Gasteiger partial charge in [-0.2, -0.15) is 0 Å². The number of hydrogen-bond donors (Lipinski definition) is 6. The molecule has 1 saturated carbocycles. The Morgan fingerprint density at radius 2 is 1.92 bits per heavy atom. The third kappa shape index (κ3) is 4.98. The van der Waals surface area contributed by atoms with Crippen LogP contribution in [-0.2, 0) is 28.5 Å². The fourth-order valence-corrected chi connectivity index (χ4v) is 5.28. The summed E-state index contributed by atoms with van der Waals surface area (Å²) in [5.74, 6) is -1.59. The van der Waals surface area contributed by atoms with Crippen LogP contribution in [0, 0.1) is 5.92 Å². The van der Waals surface area contributed by atoms with Crippen molar-refractivity contribution in [1.82, 2.24) is 0 Å². The van der Waals surface area contributed by atoms with E-state index in [1.165, 1.54) is 18.4 Å². The smallest absolute Gasteiger partial charge is 0.333 e. The van der Waals surface area contributed by atoms with Crippen molar-refractivity contribution in [3.63, 3.8) is 0 Å². The predicted octanol–water partition coefficient (Wildman–Crippen LogP) is -1.23. The molecule has 1 aliphatic carbocycles. The number of carbonyl (C=O) groups excluding carboxylic acids is 1. The summed E-state index contributed by atoms with van der Waals surface area (Å²) in [6, 6.07) is 0.